The second-order valence-electron chi connectivity index (χ2n) is 5.57. The molecule has 1 aromatic carbocycles. The fraction of sp³-hybridized carbons (Fsp3) is 0.294. The first-order chi connectivity index (χ1) is 11.9. The van der Waals surface area contributed by atoms with Gasteiger partial charge in [0.05, 0.1) is 18.3 Å². The Balaban J connectivity index is 0.00000243. The van der Waals surface area contributed by atoms with Crippen molar-refractivity contribution in [3.8, 4) is 0 Å². The summed E-state index contributed by atoms with van der Waals surface area (Å²) in [6.45, 7) is 2.19. The van der Waals surface area contributed by atoms with Gasteiger partial charge in [0.15, 0.2) is 0 Å². The Labute approximate surface area is 154 Å². The summed E-state index contributed by atoms with van der Waals surface area (Å²) in [4.78, 5) is 15.4. The van der Waals surface area contributed by atoms with Crippen LogP contribution in [0.1, 0.15) is 27.7 Å². The van der Waals surface area contributed by atoms with Gasteiger partial charge in [-0.1, -0.05) is 12.1 Å². The first kappa shape index (κ1) is 20.2. The minimum atomic E-state index is -4.53. The van der Waals surface area contributed by atoms with E-state index >= 15 is 0 Å². The number of rotatable bonds is 3. The van der Waals surface area contributed by atoms with Crippen molar-refractivity contribution in [1.29, 1.82) is 0 Å². The highest BCUT2D eigenvalue weighted by atomic mass is 35.5. The summed E-state index contributed by atoms with van der Waals surface area (Å²) < 4.78 is 43.1. The second-order valence-corrected chi connectivity index (χ2v) is 5.57. The summed E-state index contributed by atoms with van der Waals surface area (Å²) in [5, 5.41) is 5.86. The fourth-order valence-corrected chi connectivity index (χ4v) is 2.46. The van der Waals surface area contributed by atoms with Crippen LogP contribution in [0.4, 0.5) is 18.9 Å². The van der Waals surface area contributed by atoms with E-state index in [2.05, 4.69) is 15.6 Å². The van der Waals surface area contributed by atoms with Gasteiger partial charge >= 0.3 is 6.18 Å². The van der Waals surface area contributed by atoms with Crippen LogP contribution in [0.2, 0.25) is 0 Å². The number of nitrogens with zero attached hydrogens (tertiary/aromatic N) is 1. The number of carbonyl (C=O) groups is 1. The lowest BCUT2D eigenvalue weighted by atomic mass is 10.1. The molecular weight excluding hydrogens is 371 g/mol. The summed E-state index contributed by atoms with van der Waals surface area (Å²) in [5.41, 5.74) is 0.546. The number of halogens is 4. The lowest BCUT2D eigenvalue weighted by molar-refractivity contribution is -0.141. The zero-order chi connectivity index (χ0) is 17.9. The number of amides is 1. The molecule has 1 saturated heterocycles. The lowest BCUT2D eigenvalue weighted by Crippen LogP contribution is -2.33. The Morgan fingerprint density at radius 1 is 1.19 bits per heavy atom. The first-order valence-electron chi connectivity index (χ1n) is 7.70. The highest BCUT2D eigenvalue weighted by Gasteiger charge is 2.32. The summed E-state index contributed by atoms with van der Waals surface area (Å²) in [5.74, 6) is -0.524. The molecular formula is C17H17ClF3N3O2. The van der Waals surface area contributed by atoms with Crippen LogP contribution in [-0.4, -0.2) is 30.6 Å². The van der Waals surface area contributed by atoms with Crippen LogP contribution >= 0.6 is 12.4 Å². The zero-order valence-corrected chi connectivity index (χ0v) is 14.4. The van der Waals surface area contributed by atoms with E-state index in [1.807, 2.05) is 12.1 Å². The molecule has 2 heterocycles. The molecule has 1 fully saturated rings. The van der Waals surface area contributed by atoms with Crippen molar-refractivity contribution in [2.24, 2.45) is 0 Å². The van der Waals surface area contributed by atoms with E-state index < -0.39 is 17.8 Å². The summed E-state index contributed by atoms with van der Waals surface area (Å²) >= 11 is 0. The van der Waals surface area contributed by atoms with Gasteiger partial charge < -0.3 is 15.4 Å². The fourth-order valence-electron chi connectivity index (χ4n) is 2.46. The Kier molecular flexibility index (Phi) is 6.57. The molecule has 1 aliphatic heterocycles. The van der Waals surface area contributed by atoms with Crippen molar-refractivity contribution in [3.63, 3.8) is 0 Å². The minimum Gasteiger partial charge on any atom is -0.371 e. The maximum absolute atomic E-state index is 12.5. The normalized spacial score (nSPS) is 17.3. The van der Waals surface area contributed by atoms with E-state index in [1.54, 1.807) is 12.1 Å². The second kappa shape index (κ2) is 8.48. The first-order valence-corrected chi connectivity index (χ1v) is 7.70. The van der Waals surface area contributed by atoms with E-state index in [0.29, 0.717) is 12.3 Å². The number of pyridine rings is 1. The molecule has 1 atom stereocenters. The molecule has 0 aliphatic carbocycles. The molecule has 2 N–H and O–H groups in total. The molecule has 1 aliphatic rings. The number of hydrogen-bond donors (Lipinski definition) is 2. The van der Waals surface area contributed by atoms with Gasteiger partial charge in [0.1, 0.15) is 5.69 Å². The third kappa shape index (κ3) is 4.94. The topological polar surface area (TPSA) is 63.2 Å². The monoisotopic (exact) mass is 387 g/mol. The largest absolute Gasteiger partial charge is 0.433 e. The number of ether oxygens (including phenoxy) is 1. The number of aromatic nitrogens is 1. The minimum absolute atomic E-state index is 0. The van der Waals surface area contributed by atoms with Crippen LogP contribution in [0.15, 0.2) is 42.6 Å². The lowest BCUT2D eigenvalue weighted by Gasteiger charge is -2.24. The number of carbonyl (C=O) groups excluding carboxylic acids is 1. The van der Waals surface area contributed by atoms with Crippen molar-refractivity contribution in [1.82, 2.24) is 10.3 Å². The van der Waals surface area contributed by atoms with Gasteiger partial charge in [-0.2, -0.15) is 13.2 Å². The van der Waals surface area contributed by atoms with Gasteiger partial charge in [0.2, 0.25) is 0 Å². The maximum atomic E-state index is 12.5. The van der Waals surface area contributed by atoms with Crippen molar-refractivity contribution < 1.29 is 22.7 Å². The Morgan fingerprint density at radius 3 is 2.46 bits per heavy atom. The number of nitrogens with one attached hydrogen (secondary N) is 2. The van der Waals surface area contributed by atoms with Crippen molar-refractivity contribution in [2.45, 2.75) is 12.3 Å². The summed E-state index contributed by atoms with van der Waals surface area (Å²) in [6.07, 6.45) is -3.65. The maximum Gasteiger partial charge on any atom is 0.433 e. The molecule has 1 aromatic heterocycles. The SMILES string of the molecule is Cl.O=C(Nc1ccc(C2CNCCO2)cc1)c1ccc(C(F)(F)F)nc1. The van der Waals surface area contributed by atoms with Crippen LogP contribution < -0.4 is 10.6 Å². The molecule has 2 aromatic rings. The molecule has 0 radical (unpaired) electrons. The molecule has 140 valence electrons. The van der Waals surface area contributed by atoms with Crippen molar-refractivity contribution in [2.75, 3.05) is 25.0 Å². The number of anilines is 1. The van der Waals surface area contributed by atoms with E-state index in [0.717, 1.165) is 37.0 Å². The van der Waals surface area contributed by atoms with Gasteiger partial charge in [0, 0.05) is 25.0 Å². The van der Waals surface area contributed by atoms with Gasteiger partial charge in [0.25, 0.3) is 5.91 Å². The van der Waals surface area contributed by atoms with Gasteiger partial charge in [-0.3, -0.25) is 9.78 Å². The number of morpholine rings is 1. The van der Waals surface area contributed by atoms with Crippen LogP contribution in [0.3, 0.4) is 0 Å². The van der Waals surface area contributed by atoms with E-state index in [-0.39, 0.29) is 24.1 Å². The van der Waals surface area contributed by atoms with Crippen molar-refractivity contribution in [3.05, 3.63) is 59.4 Å². The Bertz CT molecular complexity index is 730. The Hall–Kier alpha value is -2.16. The molecule has 26 heavy (non-hydrogen) atoms. The van der Waals surface area contributed by atoms with Crippen LogP contribution in [0.25, 0.3) is 0 Å². The van der Waals surface area contributed by atoms with Crippen molar-refractivity contribution >= 4 is 24.0 Å². The molecule has 0 spiro atoms. The summed E-state index contributed by atoms with van der Waals surface area (Å²) in [7, 11) is 0. The zero-order valence-electron chi connectivity index (χ0n) is 13.5. The summed E-state index contributed by atoms with van der Waals surface area (Å²) in [6, 6.07) is 9.02. The van der Waals surface area contributed by atoms with Crippen LogP contribution in [-0.2, 0) is 10.9 Å². The highest BCUT2D eigenvalue weighted by Crippen LogP contribution is 2.27. The highest BCUT2D eigenvalue weighted by molar-refractivity contribution is 6.04. The molecule has 0 saturated carbocycles. The number of hydrogen-bond acceptors (Lipinski definition) is 4. The predicted octanol–water partition coefficient (Wildman–Crippen LogP) is 3.44. The smallest absolute Gasteiger partial charge is 0.371 e. The molecule has 9 heteroatoms. The van der Waals surface area contributed by atoms with E-state index in [9.17, 15) is 18.0 Å². The third-order valence-electron chi connectivity index (χ3n) is 3.78. The van der Waals surface area contributed by atoms with Crippen LogP contribution in [0.5, 0.6) is 0 Å². The predicted molar refractivity (Wildman–Crippen MR) is 92.4 cm³/mol. The molecule has 5 nitrogen and oxygen atoms in total. The molecule has 1 unspecified atom stereocenters. The average molecular weight is 388 g/mol. The molecule has 0 bridgehead atoms. The third-order valence-corrected chi connectivity index (χ3v) is 3.78. The van der Waals surface area contributed by atoms with Crippen LogP contribution in [0, 0.1) is 0 Å². The average Bonchev–Trinajstić information content (AvgIpc) is 2.62. The van der Waals surface area contributed by atoms with Gasteiger partial charge in [-0.05, 0) is 29.8 Å². The van der Waals surface area contributed by atoms with Gasteiger partial charge in [-0.15, -0.1) is 12.4 Å². The number of benzene rings is 1. The van der Waals surface area contributed by atoms with Gasteiger partial charge in [-0.25, -0.2) is 0 Å². The molecule has 1 amide bonds. The molecule has 3 rings (SSSR count). The quantitative estimate of drug-likeness (QED) is 0.847. The van der Waals surface area contributed by atoms with E-state index in [1.165, 1.54) is 0 Å². The Morgan fingerprint density at radius 2 is 1.92 bits per heavy atom. The standard InChI is InChI=1S/C17H16F3N3O2.ClH/c18-17(19,20)15-6-3-12(9-22-15)16(24)23-13-4-1-11(2-5-13)14-10-21-7-8-25-14;/h1-6,9,14,21H,7-8,10H2,(H,23,24);1H. The van der Waals surface area contributed by atoms with E-state index in [4.69, 9.17) is 4.74 Å². The number of alkyl halides is 3.